The molecule has 3 saturated heterocycles. The molecule has 8 rings (SSSR count). The van der Waals surface area contributed by atoms with Gasteiger partial charge < -0.3 is 38.6 Å². The first-order chi connectivity index (χ1) is 25.5. The van der Waals surface area contributed by atoms with E-state index < -0.39 is 23.9 Å². The Morgan fingerprint density at radius 1 is 1.04 bits per heavy atom. The maximum Gasteiger partial charge on any atom is 0.309 e. The highest BCUT2D eigenvalue weighted by atomic mass is 16.7. The van der Waals surface area contributed by atoms with Gasteiger partial charge in [0.25, 0.3) is 0 Å². The molecule has 3 heterocycles. The van der Waals surface area contributed by atoms with Gasteiger partial charge >= 0.3 is 5.97 Å². The normalized spacial score (nSPS) is 48.2. The van der Waals surface area contributed by atoms with Gasteiger partial charge in [-0.05, 0) is 123 Å². The van der Waals surface area contributed by atoms with Crippen molar-refractivity contribution in [2.45, 2.75) is 168 Å². The van der Waals surface area contributed by atoms with Crippen molar-refractivity contribution >= 4 is 5.97 Å². The average Bonchev–Trinajstić information content (AvgIpc) is 3.72. The summed E-state index contributed by atoms with van der Waals surface area (Å²) in [6, 6.07) is 0.502. The first kappa shape index (κ1) is 40.0. The van der Waals surface area contributed by atoms with Crippen molar-refractivity contribution in [3.05, 3.63) is 0 Å². The van der Waals surface area contributed by atoms with Crippen LogP contribution in [-0.4, -0.2) is 116 Å². The molecular weight excluding hydrogens is 686 g/mol. The molecule has 308 valence electrons. The predicted molar refractivity (Wildman–Crippen MR) is 203 cm³/mol. The molecule has 5 aliphatic carbocycles. The molecule has 54 heavy (non-hydrogen) atoms. The minimum atomic E-state index is -1.30. The molecule has 0 aromatic rings. The van der Waals surface area contributed by atoms with E-state index in [0.717, 1.165) is 52.2 Å². The van der Waals surface area contributed by atoms with E-state index in [1.807, 2.05) is 6.92 Å². The molecule has 2 spiro atoms. The SMILES string of the molecule is CCC(CCOC)C(=O)OC(C1CC(C)C2C(O1)C(O)C1(C)C3CCC4C(C)(C)C(OC5CN(C6COC6)CCO5)CCC45CC35CCC21C)C(C)(C)O. The third-order valence-electron chi connectivity index (χ3n) is 18.1. The second-order valence-corrected chi connectivity index (χ2v) is 21.1. The highest BCUT2D eigenvalue weighted by Crippen LogP contribution is 2.89. The van der Waals surface area contributed by atoms with Gasteiger partial charge in [-0.1, -0.05) is 41.5 Å². The Labute approximate surface area is 325 Å². The molecule has 0 amide bonds. The lowest BCUT2D eigenvalue weighted by atomic mass is 9.41. The Morgan fingerprint density at radius 3 is 2.43 bits per heavy atom. The average molecular weight is 760 g/mol. The van der Waals surface area contributed by atoms with Crippen LogP contribution in [0.1, 0.15) is 120 Å². The van der Waals surface area contributed by atoms with Crippen molar-refractivity contribution in [1.82, 2.24) is 4.90 Å². The molecule has 0 bridgehead atoms. The van der Waals surface area contributed by atoms with Crippen LogP contribution in [0.2, 0.25) is 0 Å². The Hall–Kier alpha value is -0.850. The standard InChI is InChI=1S/C44H73NO9/c1-10-27(14-19-49-9)38(47)54-37(40(5,6)48)29-21-26(2)34-35(52-29)36(46)42(8)31-12-11-30-39(3,4)32(53-33-22-45(18-20-51-33)28-23-50-24-28)13-15-43(30)25-44(31,43)17-16-41(34,42)7/h26-37,46,48H,10-25H2,1-9H3. The first-order valence-electron chi connectivity index (χ1n) is 21.8. The van der Waals surface area contributed by atoms with E-state index in [9.17, 15) is 15.0 Å². The molecule has 2 N–H and O–H groups in total. The molecule has 0 radical (unpaired) electrons. The highest BCUT2D eigenvalue weighted by molar-refractivity contribution is 5.72. The van der Waals surface area contributed by atoms with Crippen molar-refractivity contribution in [3.63, 3.8) is 0 Å². The van der Waals surface area contributed by atoms with Crippen LogP contribution in [0.25, 0.3) is 0 Å². The van der Waals surface area contributed by atoms with E-state index in [-0.39, 0.29) is 63.9 Å². The van der Waals surface area contributed by atoms with Crippen LogP contribution in [0.15, 0.2) is 0 Å². The predicted octanol–water partition coefficient (Wildman–Crippen LogP) is 5.99. The zero-order chi connectivity index (χ0) is 38.6. The summed E-state index contributed by atoms with van der Waals surface area (Å²) in [6.07, 6.45) is 7.73. The third kappa shape index (κ3) is 5.78. The van der Waals surface area contributed by atoms with Crippen molar-refractivity contribution in [2.24, 2.45) is 56.7 Å². The summed E-state index contributed by atoms with van der Waals surface area (Å²) in [5, 5.41) is 24.2. The summed E-state index contributed by atoms with van der Waals surface area (Å²) < 4.78 is 37.1. The van der Waals surface area contributed by atoms with E-state index >= 15 is 0 Å². The maximum absolute atomic E-state index is 13.5. The Morgan fingerprint density at radius 2 is 1.76 bits per heavy atom. The lowest BCUT2D eigenvalue weighted by Crippen LogP contribution is -2.60. The summed E-state index contributed by atoms with van der Waals surface area (Å²) >= 11 is 0. The van der Waals surface area contributed by atoms with Crippen molar-refractivity contribution in [1.29, 1.82) is 0 Å². The fraction of sp³-hybridized carbons (Fsp3) is 0.977. The maximum atomic E-state index is 13.5. The van der Waals surface area contributed by atoms with Crippen LogP contribution in [0, 0.1) is 56.7 Å². The monoisotopic (exact) mass is 760 g/mol. The van der Waals surface area contributed by atoms with Crippen LogP contribution in [0.5, 0.6) is 0 Å². The number of carbonyl (C=O) groups excluding carboxylic acids is 1. The number of fused-ring (bicyclic) bond motifs is 4. The van der Waals surface area contributed by atoms with Crippen molar-refractivity contribution in [2.75, 3.05) is 46.6 Å². The largest absolute Gasteiger partial charge is 0.456 e. The lowest BCUT2D eigenvalue weighted by molar-refractivity contribution is -0.256. The number of hydrogen-bond acceptors (Lipinski definition) is 10. The van der Waals surface area contributed by atoms with Crippen LogP contribution < -0.4 is 0 Å². The number of nitrogens with zero attached hydrogens (tertiary/aromatic N) is 1. The number of hydrogen-bond donors (Lipinski definition) is 2. The second-order valence-electron chi connectivity index (χ2n) is 21.1. The zero-order valence-corrected chi connectivity index (χ0v) is 34.9. The molecule has 0 aromatic heterocycles. The minimum absolute atomic E-state index is 0.0383. The Balaban J connectivity index is 1.00. The van der Waals surface area contributed by atoms with E-state index in [0.29, 0.717) is 49.2 Å². The van der Waals surface area contributed by atoms with E-state index in [4.69, 9.17) is 28.4 Å². The van der Waals surface area contributed by atoms with Crippen LogP contribution >= 0.6 is 0 Å². The highest BCUT2D eigenvalue weighted by Gasteiger charge is 2.84. The van der Waals surface area contributed by atoms with Gasteiger partial charge in [0.15, 0.2) is 12.4 Å². The van der Waals surface area contributed by atoms with Crippen molar-refractivity contribution < 1.29 is 43.4 Å². The molecule has 5 saturated carbocycles. The second kappa shape index (κ2) is 13.9. The quantitative estimate of drug-likeness (QED) is 0.244. The summed E-state index contributed by atoms with van der Waals surface area (Å²) in [7, 11) is 1.64. The number of ether oxygens (including phenoxy) is 6. The van der Waals surface area contributed by atoms with Crippen molar-refractivity contribution in [3.8, 4) is 0 Å². The summed E-state index contributed by atoms with van der Waals surface area (Å²) in [5.74, 6) is 0.849. The lowest BCUT2D eigenvalue weighted by Gasteiger charge is -2.64. The molecular formula is C44H73NO9. The van der Waals surface area contributed by atoms with Gasteiger partial charge in [0, 0.05) is 25.7 Å². The van der Waals surface area contributed by atoms with Crippen LogP contribution in [0.4, 0.5) is 0 Å². The van der Waals surface area contributed by atoms with Gasteiger partial charge in [-0.25, -0.2) is 0 Å². The molecule has 10 nitrogen and oxygen atoms in total. The molecule has 10 heteroatoms. The topological polar surface area (TPSA) is 116 Å². The summed E-state index contributed by atoms with van der Waals surface area (Å²) in [4.78, 5) is 16.0. The van der Waals surface area contributed by atoms with Crippen LogP contribution in [-0.2, 0) is 33.2 Å². The van der Waals surface area contributed by atoms with Gasteiger partial charge in [-0.2, -0.15) is 0 Å². The summed E-state index contributed by atoms with van der Waals surface area (Å²) in [6.45, 7) is 22.2. The Bertz CT molecular complexity index is 1400. The van der Waals surface area contributed by atoms with Gasteiger partial charge in [0.2, 0.25) is 0 Å². The third-order valence-corrected chi connectivity index (χ3v) is 18.1. The number of methoxy groups -OCH3 is 1. The number of morpholine rings is 1. The van der Waals surface area contributed by atoms with Gasteiger partial charge in [0.05, 0.1) is 68.3 Å². The minimum Gasteiger partial charge on any atom is -0.456 e. The fourth-order valence-electron chi connectivity index (χ4n) is 15.1. The van der Waals surface area contributed by atoms with Gasteiger partial charge in [0.1, 0.15) is 0 Å². The number of esters is 1. The number of carbonyl (C=O) groups is 1. The Kier molecular flexibility index (Phi) is 10.3. The van der Waals surface area contributed by atoms with Gasteiger partial charge in [-0.15, -0.1) is 0 Å². The molecule has 8 aliphatic rings. The molecule has 8 fully saturated rings. The molecule has 3 aliphatic heterocycles. The molecule has 15 atom stereocenters. The van der Waals surface area contributed by atoms with E-state index in [1.165, 1.54) is 25.7 Å². The van der Waals surface area contributed by atoms with E-state index in [1.54, 1.807) is 21.0 Å². The smallest absolute Gasteiger partial charge is 0.309 e. The zero-order valence-electron chi connectivity index (χ0n) is 34.9. The summed E-state index contributed by atoms with van der Waals surface area (Å²) in [5.41, 5.74) is -1.09. The molecule has 15 unspecified atom stereocenters. The number of rotatable bonds is 11. The van der Waals surface area contributed by atoms with Crippen LogP contribution in [0.3, 0.4) is 0 Å². The number of aliphatic hydroxyl groups is 2. The fourth-order valence-corrected chi connectivity index (χ4v) is 15.1. The first-order valence-corrected chi connectivity index (χ1v) is 21.8. The van der Waals surface area contributed by atoms with Gasteiger partial charge in [-0.3, -0.25) is 9.69 Å². The van der Waals surface area contributed by atoms with E-state index in [2.05, 4.69) is 39.5 Å². The molecule has 0 aromatic carbocycles. The number of aliphatic hydroxyl groups excluding tert-OH is 1.